The number of anilines is 1. The Morgan fingerprint density at radius 1 is 0.968 bits per heavy atom. The van der Waals surface area contributed by atoms with Crippen molar-refractivity contribution in [1.82, 2.24) is 4.72 Å². The van der Waals surface area contributed by atoms with Crippen LogP contribution in [-0.4, -0.2) is 20.9 Å². The van der Waals surface area contributed by atoms with Gasteiger partial charge in [0.25, 0.3) is 5.91 Å². The van der Waals surface area contributed by atoms with Gasteiger partial charge in [0.1, 0.15) is 5.75 Å². The molecule has 0 saturated carbocycles. The summed E-state index contributed by atoms with van der Waals surface area (Å²) in [6.07, 6.45) is 0. The highest BCUT2D eigenvalue weighted by Crippen LogP contribution is 2.28. The largest absolute Gasteiger partial charge is 0.482 e. The van der Waals surface area contributed by atoms with Crippen LogP contribution in [0, 0.1) is 0 Å². The predicted molar refractivity (Wildman–Crippen MR) is 122 cm³/mol. The van der Waals surface area contributed by atoms with E-state index in [1.165, 1.54) is 18.2 Å². The van der Waals surface area contributed by atoms with Gasteiger partial charge in [0, 0.05) is 6.04 Å². The number of nitrogens with one attached hydrogen (secondary N) is 2. The van der Waals surface area contributed by atoms with Gasteiger partial charge in [-0.15, -0.1) is 0 Å². The van der Waals surface area contributed by atoms with Crippen LogP contribution in [0.3, 0.4) is 0 Å². The van der Waals surface area contributed by atoms with E-state index in [0.29, 0.717) is 10.7 Å². The van der Waals surface area contributed by atoms with Crippen LogP contribution in [0.4, 0.5) is 5.69 Å². The molecular formula is C22H20Cl2N2O4S. The van der Waals surface area contributed by atoms with Crippen LogP contribution in [0.1, 0.15) is 18.5 Å². The Morgan fingerprint density at radius 2 is 1.65 bits per heavy atom. The van der Waals surface area contributed by atoms with Crippen molar-refractivity contribution in [3.05, 3.63) is 88.4 Å². The van der Waals surface area contributed by atoms with Gasteiger partial charge >= 0.3 is 0 Å². The average Bonchev–Trinajstić information content (AvgIpc) is 2.75. The lowest BCUT2D eigenvalue weighted by atomic mass is 10.1. The number of rotatable bonds is 8. The fraction of sp³-hybridized carbons (Fsp3) is 0.136. The minimum absolute atomic E-state index is 0.00634. The highest BCUT2D eigenvalue weighted by atomic mass is 35.5. The number of sulfonamides is 1. The summed E-state index contributed by atoms with van der Waals surface area (Å²) in [5.41, 5.74) is 1.30. The average molecular weight is 479 g/mol. The lowest BCUT2D eigenvalue weighted by Gasteiger charge is -2.15. The van der Waals surface area contributed by atoms with E-state index < -0.39 is 22.0 Å². The van der Waals surface area contributed by atoms with E-state index in [1.807, 2.05) is 30.3 Å². The number of halogens is 2. The van der Waals surface area contributed by atoms with Crippen molar-refractivity contribution < 1.29 is 17.9 Å². The van der Waals surface area contributed by atoms with Gasteiger partial charge in [-0.25, -0.2) is 13.1 Å². The van der Waals surface area contributed by atoms with Gasteiger partial charge in [0.15, 0.2) is 6.61 Å². The second kappa shape index (κ2) is 10.2. The SMILES string of the molecule is C[C@H](NS(=O)(=O)c1ccc(OCC(=O)Nc2ccccc2Cl)c(Cl)c1)c1ccccc1. The molecule has 3 aromatic rings. The molecule has 0 radical (unpaired) electrons. The Labute approximate surface area is 191 Å². The third-order valence-corrected chi connectivity index (χ3v) is 6.52. The van der Waals surface area contributed by atoms with E-state index in [-0.39, 0.29) is 22.3 Å². The van der Waals surface area contributed by atoms with Gasteiger partial charge in [-0.3, -0.25) is 4.79 Å². The van der Waals surface area contributed by atoms with E-state index in [0.717, 1.165) is 5.56 Å². The second-order valence-electron chi connectivity index (χ2n) is 6.66. The normalized spacial score (nSPS) is 12.2. The zero-order valence-corrected chi connectivity index (χ0v) is 18.8. The number of hydrogen-bond acceptors (Lipinski definition) is 4. The minimum atomic E-state index is -3.81. The van der Waals surface area contributed by atoms with E-state index >= 15 is 0 Å². The van der Waals surface area contributed by atoms with Gasteiger partial charge in [-0.2, -0.15) is 0 Å². The number of amides is 1. The lowest BCUT2D eigenvalue weighted by molar-refractivity contribution is -0.118. The first-order valence-corrected chi connectivity index (χ1v) is 11.5. The maximum absolute atomic E-state index is 12.7. The second-order valence-corrected chi connectivity index (χ2v) is 9.19. The fourth-order valence-electron chi connectivity index (χ4n) is 2.77. The number of para-hydroxylation sites is 1. The summed E-state index contributed by atoms with van der Waals surface area (Å²) in [4.78, 5) is 12.1. The summed E-state index contributed by atoms with van der Waals surface area (Å²) in [5.74, 6) is -0.245. The molecule has 1 amide bonds. The first-order chi connectivity index (χ1) is 14.8. The fourth-order valence-corrected chi connectivity index (χ4v) is 4.51. The molecule has 0 aliphatic rings. The van der Waals surface area contributed by atoms with Crippen molar-refractivity contribution in [3.63, 3.8) is 0 Å². The van der Waals surface area contributed by atoms with E-state index in [4.69, 9.17) is 27.9 Å². The summed E-state index contributed by atoms with van der Waals surface area (Å²) in [6, 6.07) is 19.7. The molecule has 0 aliphatic heterocycles. The van der Waals surface area contributed by atoms with Gasteiger partial charge < -0.3 is 10.1 Å². The zero-order chi connectivity index (χ0) is 22.4. The molecule has 3 aromatic carbocycles. The Kier molecular flexibility index (Phi) is 7.56. The van der Waals surface area contributed by atoms with Gasteiger partial charge in [0.05, 0.1) is 20.6 Å². The molecule has 0 fully saturated rings. The molecule has 0 saturated heterocycles. The van der Waals surface area contributed by atoms with Crippen LogP contribution in [0.25, 0.3) is 0 Å². The molecule has 0 spiro atoms. The summed E-state index contributed by atoms with van der Waals surface area (Å²) in [6.45, 7) is 1.43. The lowest BCUT2D eigenvalue weighted by Crippen LogP contribution is -2.27. The van der Waals surface area contributed by atoms with E-state index in [9.17, 15) is 13.2 Å². The molecule has 6 nitrogen and oxygen atoms in total. The molecule has 0 heterocycles. The van der Waals surface area contributed by atoms with Crippen molar-refractivity contribution in [1.29, 1.82) is 0 Å². The minimum Gasteiger partial charge on any atom is -0.482 e. The summed E-state index contributed by atoms with van der Waals surface area (Å²) in [7, 11) is -3.81. The molecule has 0 aliphatic carbocycles. The molecule has 0 unspecified atom stereocenters. The van der Waals surface area contributed by atoms with Crippen molar-refractivity contribution in [2.24, 2.45) is 0 Å². The summed E-state index contributed by atoms with van der Waals surface area (Å²) in [5, 5.41) is 3.10. The molecule has 9 heteroatoms. The first-order valence-electron chi connectivity index (χ1n) is 9.30. The Hall–Kier alpha value is -2.58. The summed E-state index contributed by atoms with van der Waals surface area (Å²) < 4.78 is 33.4. The van der Waals surface area contributed by atoms with E-state index in [2.05, 4.69) is 10.0 Å². The Morgan fingerprint density at radius 3 is 2.32 bits per heavy atom. The van der Waals surface area contributed by atoms with Crippen molar-refractivity contribution in [2.75, 3.05) is 11.9 Å². The third kappa shape index (κ3) is 6.21. The maximum atomic E-state index is 12.7. The number of ether oxygens (including phenoxy) is 1. The van der Waals surface area contributed by atoms with E-state index in [1.54, 1.807) is 31.2 Å². The molecule has 31 heavy (non-hydrogen) atoms. The van der Waals surface area contributed by atoms with Crippen LogP contribution in [0.5, 0.6) is 5.75 Å². The van der Waals surface area contributed by atoms with Crippen molar-refractivity contribution >= 4 is 44.8 Å². The topological polar surface area (TPSA) is 84.5 Å². The highest BCUT2D eigenvalue weighted by molar-refractivity contribution is 7.89. The smallest absolute Gasteiger partial charge is 0.262 e. The molecule has 2 N–H and O–H groups in total. The molecule has 1 atom stereocenters. The highest BCUT2D eigenvalue weighted by Gasteiger charge is 2.20. The maximum Gasteiger partial charge on any atom is 0.262 e. The van der Waals surface area contributed by atoms with Gasteiger partial charge in [0.2, 0.25) is 10.0 Å². The van der Waals surface area contributed by atoms with Gasteiger partial charge in [-0.05, 0) is 42.8 Å². The molecule has 162 valence electrons. The predicted octanol–water partition coefficient (Wildman–Crippen LogP) is 5.05. The monoisotopic (exact) mass is 478 g/mol. The quantitative estimate of drug-likeness (QED) is 0.474. The third-order valence-electron chi connectivity index (χ3n) is 4.35. The van der Waals surface area contributed by atoms with Gasteiger partial charge in [-0.1, -0.05) is 65.7 Å². The molecule has 0 bridgehead atoms. The number of hydrogen-bond donors (Lipinski definition) is 2. The van der Waals surface area contributed by atoms with Crippen LogP contribution in [-0.2, 0) is 14.8 Å². The Balaban J connectivity index is 1.64. The molecule has 0 aromatic heterocycles. The van der Waals surface area contributed by atoms with Crippen LogP contribution >= 0.6 is 23.2 Å². The molecular weight excluding hydrogens is 459 g/mol. The van der Waals surface area contributed by atoms with Crippen LogP contribution < -0.4 is 14.8 Å². The first kappa shape index (κ1) is 23.1. The van der Waals surface area contributed by atoms with Crippen molar-refractivity contribution in [2.45, 2.75) is 17.9 Å². The Bertz CT molecular complexity index is 1170. The van der Waals surface area contributed by atoms with Crippen molar-refractivity contribution in [3.8, 4) is 5.75 Å². The number of carbonyl (C=O) groups excluding carboxylic acids is 1. The number of benzene rings is 3. The standard InChI is InChI=1S/C22H20Cl2N2O4S/c1-15(16-7-3-2-4-8-16)26-31(28,29)17-11-12-21(19(24)13-17)30-14-22(27)25-20-10-6-5-9-18(20)23/h2-13,15,26H,14H2,1H3,(H,25,27)/t15-/m0/s1. The van der Waals surface area contributed by atoms with Crippen LogP contribution in [0.15, 0.2) is 77.7 Å². The summed E-state index contributed by atoms with van der Waals surface area (Å²) >= 11 is 12.2. The number of carbonyl (C=O) groups is 1. The zero-order valence-electron chi connectivity index (χ0n) is 16.5. The van der Waals surface area contributed by atoms with Crippen LogP contribution in [0.2, 0.25) is 10.0 Å². The molecule has 3 rings (SSSR count).